The lowest BCUT2D eigenvalue weighted by Gasteiger charge is -2.18. The van der Waals surface area contributed by atoms with Crippen LogP contribution < -0.4 is 10.1 Å². The van der Waals surface area contributed by atoms with Crippen LogP contribution in [0.3, 0.4) is 0 Å². The molecule has 0 fully saturated rings. The van der Waals surface area contributed by atoms with Gasteiger partial charge in [-0.3, -0.25) is 4.68 Å². The van der Waals surface area contributed by atoms with Crippen LogP contribution in [0.25, 0.3) is 0 Å². The van der Waals surface area contributed by atoms with E-state index in [2.05, 4.69) is 10.4 Å². The molecule has 108 valence electrons. The molecule has 0 aliphatic carbocycles. The van der Waals surface area contributed by atoms with Gasteiger partial charge in [-0.05, 0) is 18.7 Å². The fourth-order valence-corrected chi connectivity index (χ4v) is 2.24. The molecule has 0 amide bonds. The van der Waals surface area contributed by atoms with Crippen molar-refractivity contribution in [3.05, 3.63) is 47.5 Å². The van der Waals surface area contributed by atoms with Crippen LogP contribution in [0.1, 0.15) is 24.2 Å². The Morgan fingerprint density at radius 2 is 2.20 bits per heavy atom. The summed E-state index contributed by atoms with van der Waals surface area (Å²) in [5, 5.41) is 7.66. The van der Waals surface area contributed by atoms with E-state index in [0.29, 0.717) is 17.7 Å². The molecular weight excluding hydrogens is 257 g/mol. The van der Waals surface area contributed by atoms with E-state index in [1.165, 1.54) is 13.2 Å². The standard InChI is InChI=1S/C15H20FN3O/c1-4-17-15(9-11-7-8-19(2)18-11)13-6-5-12(20-3)10-14(13)16/h5-8,10,15,17H,4,9H2,1-3H3. The first-order valence-corrected chi connectivity index (χ1v) is 6.69. The number of aromatic nitrogens is 2. The van der Waals surface area contributed by atoms with Crippen LogP contribution in [0.15, 0.2) is 30.5 Å². The van der Waals surface area contributed by atoms with Gasteiger partial charge in [0, 0.05) is 37.3 Å². The monoisotopic (exact) mass is 277 g/mol. The minimum Gasteiger partial charge on any atom is -0.497 e. The van der Waals surface area contributed by atoms with Crippen molar-refractivity contribution in [2.24, 2.45) is 7.05 Å². The maximum Gasteiger partial charge on any atom is 0.131 e. The second kappa shape index (κ2) is 6.52. The Kier molecular flexibility index (Phi) is 4.74. The van der Waals surface area contributed by atoms with Gasteiger partial charge < -0.3 is 10.1 Å². The van der Waals surface area contributed by atoms with Gasteiger partial charge in [0.25, 0.3) is 0 Å². The summed E-state index contributed by atoms with van der Waals surface area (Å²) >= 11 is 0. The summed E-state index contributed by atoms with van der Waals surface area (Å²) in [5.74, 6) is 0.269. The van der Waals surface area contributed by atoms with Crippen molar-refractivity contribution >= 4 is 0 Å². The Hall–Kier alpha value is -1.88. The smallest absolute Gasteiger partial charge is 0.131 e. The van der Waals surface area contributed by atoms with Crippen LogP contribution in [-0.2, 0) is 13.5 Å². The average Bonchev–Trinajstić information content (AvgIpc) is 2.83. The predicted molar refractivity (Wildman–Crippen MR) is 76.3 cm³/mol. The lowest BCUT2D eigenvalue weighted by atomic mass is 10.0. The van der Waals surface area contributed by atoms with E-state index in [1.807, 2.05) is 26.2 Å². The van der Waals surface area contributed by atoms with E-state index in [0.717, 1.165) is 12.2 Å². The summed E-state index contributed by atoms with van der Waals surface area (Å²) in [6, 6.07) is 6.82. The van der Waals surface area contributed by atoms with Gasteiger partial charge in [-0.15, -0.1) is 0 Å². The van der Waals surface area contributed by atoms with Gasteiger partial charge >= 0.3 is 0 Å². The molecule has 1 aromatic heterocycles. The molecule has 2 aromatic rings. The molecule has 0 saturated heterocycles. The van der Waals surface area contributed by atoms with Crippen LogP contribution in [0.2, 0.25) is 0 Å². The lowest BCUT2D eigenvalue weighted by molar-refractivity contribution is 0.409. The number of hydrogen-bond donors (Lipinski definition) is 1. The summed E-state index contributed by atoms with van der Waals surface area (Å²) < 4.78 is 21.0. The second-order valence-corrected chi connectivity index (χ2v) is 4.68. The fourth-order valence-electron chi connectivity index (χ4n) is 2.24. The van der Waals surface area contributed by atoms with Crippen LogP contribution in [0, 0.1) is 5.82 Å². The number of likely N-dealkylation sites (N-methyl/N-ethyl adjacent to an activating group) is 1. The molecule has 0 spiro atoms. The predicted octanol–water partition coefficient (Wildman–Crippen LogP) is 2.46. The number of nitrogens with one attached hydrogen (secondary N) is 1. The van der Waals surface area contributed by atoms with Crippen molar-refractivity contribution in [2.75, 3.05) is 13.7 Å². The zero-order valence-electron chi connectivity index (χ0n) is 12.1. The summed E-state index contributed by atoms with van der Waals surface area (Å²) in [5.41, 5.74) is 1.58. The van der Waals surface area contributed by atoms with Gasteiger partial charge in [-0.25, -0.2) is 4.39 Å². The first kappa shape index (κ1) is 14.5. The highest BCUT2D eigenvalue weighted by molar-refractivity contribution is 5.31. The zero-order valence-corrected chi connectivity index (χ0v) is 12.1. The number of ether oxygens (including phenoxy) is 1. The third-order valence-electron chi connectivity index (χ3n) is 3.22. The lowest BCUT2D eigenvalue weighted by Crippen LogP contribution is -2.24. The molecule has 1 atom stereocenters. The Labute approximate surface area is 118 Å². The van der Waals surface area contributed by atoms with Crippen LogP contribution in [0.4, 0.5) is 4.39 Å². The Balaban J connectivity index is 2.23. The van der Waals surface area contributed by atoms with Crippen molar-refractivity contribution < 1.29 is 9.13 Å². The highest BCUT2D eigenvalue weighted by atomic mass is 19.1. The minimum absolute atomic E-state index is 0.0965. The molecule has 20 heavy (non-hydrogen) atoms. The number of rotatable bonds is 6. The highest BCUT2D eigenvalue weighted by Crippen LogP contribution is 2.24. The van der Waals surface area contributed by atoms with Crippen LogP contribution >= 0.6 is 0 Å². The molecule has 0 aliphatic heterocycles. The minimum atomic E-state index is -0.258. The fraction of sp³-hybridized carbons (Fsp3) is 0.400. The van der Waals surface area contributed by atoms with E-state index in [4.69, 9.17) is 4.74 Å². The first-order valence-electron chi connectivity index (χ1n) is 6.69. The summed E-state index contributed by atoms with van der Waals surface area (Å²) in [7, 11) is 3.41. The molecule has 2 rings (SSSR count). The number of nitrogens with zero attached hydrogens (tertiary/aromatic N) is 2. The normalized spacial score (nSPS) is 12.4. The van der Waals surface area contributed by atoms with Crippen molar-refractivity contribution in [3.63, 3.8) is 0 Å². The third-order valence-corrected chi connectivity index (χ3v) is 3.22. The Morgan fingerprint density at radius 3 is 2.75 bits per heavy atom. The third kappa shape index (κ3) is 3.36. The van der Waals surface area contributed by atoms with E-state index in [9.17, 15) is 4.39 Å². The van der Waals surface area contributed by atoms with Gasteiger partial charge in [-0.1, -0.05) is 13.0 Å². The molecule has 1 heterocycles. The molecule has 0 bridgehead atoms. The molecule has 0 aliphatic rings. The van der Waals surface area contributed by atoms with Crippen LogP contribution in [-0.4, -0.2) is 23.4 Å². The number of halogens is 1. The Morgan fingerprint density at radius 1 is 1.40 bits per heavy atom. The molecule has 0 radical (unpaired) electrons. The highest BCUT2D eigenvalue weighted by Gasteiger charge is 2.17. The van der Waals surface area contributed by atoms with Crippen molar-refractivity contribution in [3.8, 4) is 5.75 Å². The molecule has 0 saturated carbocycles. The van der Waals surface area contributed by atoms with Crippen LogP contribution in [0.5, 0.6) is 5.75 Å². The Bertz CT molecular complexity index is 568. The molecule has 1 aromatic carbocycles. The zero-order chi connectivity index (χ0) is 14.5. The van der Waals surface area contributed by atoms with E-state index >= 15 is 0 Å². The van der Waals surface area contributed by atoms with Gasteiger partial charge in [0.2, 0.25) is 0 Å². The van der Waals surface area contributed by atoms with Gasteiger partial charge in [0.1, 0.15) is 11.6 Å². The SMILES string of the molecule is CCNC(Cc1ccn(C)n1)c1ccc(OC)cc1F. The molecular formula is C15H20FN3O. The maximum atomic E-state index is 14.2. The van der Waals surface area contributed by atoms with E-state index in [-0.39, 0.29) is 11.9 Å². The molecule has 1 N–H and O–H groups in total. The van der Waals surface area contributed by atoms with Gasteiger partial charge in [-0.2, -0.15) is 5.10 Å². The van der Waals surface area contributed by atoms with Gasteiger partial charge in [0.15, 0.2) is 0 Å². The van der Waals surface area contributed by atoms with Crippen molar-refractivity contribution in [1.82, 2.24) is 15.1 Å². The molecule has 4 nitrogen and oxygen atoms in total. The van der Waals surface area contributed by atoms with Crippen molar-refractivity contribution in [2.45, 2.75) is 19.4 Å². The maximum absolute atomic E-state index is 14.2. The number of methoxy groups -OCH3 is 1. The summed E-state index contributed by atoms with van der Waals surface area (Å²) in [6.45, 7) is 2.77. The van der Waals surface area contributed by atoms with E-state index < -0.39 is 0 Å². The van der Waals surface area contributed by atoms with Gasteiger partial charge in [0.05, 0.1) is 12.8 Å². The summed E-state index contributed by atoms with van der Waals surface area (Å²) in [4.78, 5) is 0. The van der Waals surface area contributed by atoms with Crippen molar-refractivity contribution in [1.29, 1.82) is 0 Å². The average molecular weight is 277 g/mol. The molecule has 5 heteroatoms. The molecule has 1 unspecified atom stereocenters. The summed E-state index contributed by atoms with van der Waals surface area (Å²) in [6.07, 6.45) is 2.54. The number of benzene rings is 1. The largest absolute Gasteiger partial charge is 0.497 e. The topological polar surface area (TPSA) is 39.1 Å². The number of hydrogen-bond acceptors (Lipinski definition) is 3. The van der Waals surface area contributed by atoms with E-state index in [1.54, 1.807) is 16.8 Å². The number of aryl methyl sites for hydroxylation is 1. The quantitative estimate of drug-likeness (QED) is 0.881. The first-order chi connectivity index (χ1) is 9.63. The second-order valence-electron chi connectivity index (χ2n) is 4.68.